The molecule has 0 fully saturated rings. The molecule has 0 aliphatic carbocycles. The summed E-state index contributed by atoms with van der Waals surface area (Å²) in [4.78, 5) is 0. The number of hydrogen-bond acceptors (Lipinski definition) is 1. The highest BCUT2D eigenvalue weighted by Crippen LogP contribution is 2.17. The normalized spacial score (nSPS) is 9.92. The van der Waals surface area contributed by atoms with Crippen molar-refractivity contribution < 1.29 is 4.74 Å². The largest absolute Gasteiger partial charge is 0.496 e. The Bertz CT molecular complexity index is 256. The molecule has 1 nitrogen and oxygen atoms in total. The smallest absolute Gasteiger partial charge is 0.121 e. The molecule has 0 aliphatic heterocycles. The van der Waals surface area contributed by atoms with Crippen molar-refractivity contribution in [1.82, 2.24) is 0 Å². The molecular formula is C10H13BO. The van der Waals surface area contributed by atoms with Gasteiger partial charge >= 0.3 is 0 Å². The quantitative estimate of drug-likeness (QED) is 0.593. The molecule has 62 valence electrons. The van der Waals surface area contributed by atoms with E-state index in [4.69, 9.17) is 12.6 Å². The third-order valence-corrected chi connectivity index (χ3v) is 2.04. The fourth-order valence-corrected chi connectivity index (χ4v) is 1.28. The van der Waals surface area contributed by atoms with Gasteiger partial charge in [0.2, 0.25) is 0 Å². The Kier molecular flexibility index (Phi) is 2.80. The van der Waals surface area contributed by atoms with Crippen LogP contribution in [0.3, 0.4) is 0 Å². The van der Waals surface area contributed by atoms with Gasteiger partial charge in [-0.05, 0) is 25.0 Å². The lowest BCUT2D eigenvalue weighted by Gasteiger charge is -2.09. The number of benzene rings is 1. The topological polar surface area (TPSA) is 9.23 Å². The van der Waals surface area contributed by atoms with Gasteiger partial charge in [-0.3, -0.25) is 0 Å². The van der Waals surface area contributed by atoms with Crippen molar-refractivity contribution >= 4 is 13.3 Å². The highest BCUT2D eigenvalue weighted by molar-refractivity contribution is 6.33. The van der Waals surface area contributed by atoms with Gasteiger partial charge in [-0.15, -0.1) is 0 Å². The Morgan fingerprint density at radius 2 is 2.08 bits per heavy atom. The van der Waals surface area contributed by atoms with E-state index in [0.29, 0.717) is 0 Å². The molecule has 0 aromatic heterocycles. The second-order valence-corrected chi connectivity index (χ2v) is 2.87. The van der Waals surface area contributed by atoms with Crippen LogP contribution in [0.1, 0.15) is 18.1 Å². The molecular weight excluding hydrogens is 147 g/mol. The molecule has 1 aromatic rings. The molecule has 0 bridgehead atoms. The molecule has 0 atom stereocenters. The van der Waals surface area contributed by atoms with E-state index >= 15 is 0 Å². The van der Waals surface area contributed by atoms with E-state index < -0.39 is 0 Å². The maximum absolute atomic E-state index is 5.80. The molecule has 0 N–H and O–H groups in total. The first kappa shape index (κ1) is 9.18. The summed E-state index contributed by atoms with van der Waals surface area (Å²) in [6.07, 6.45) is 0.947. The Morgan fingerprint density at radius 3 is 2.58 bits per heavy atom. The van der Waals surface area contributed by atoms with Gasteiger partial charge in [0.1, 0.15) is 13.6 Å². The van der Waals surface area contributed by atoms with Gasteiger partial charge in [-0.1, -0.05) is 24.0 Å². The van der Waals surface area contributed by atoms with E-state index in [1.807, 2.05) is 19.1 Å². The average molecular weight is 160 g/mol. The van der Waals surface area contributed by atoms with E-state index in [1.165, 1.54) is 0 Å². The van der Waals surface area contributed by atoms with E-state index in [1.54, 1.807) is 7.11 Å². The van der Waals surface area contributed by atoms with Crippen molar-refractivity contribution in [2.24, 2.45) is 0 Å². The first-order valence-electron chi connectivity index (χ1n) is 4.12. The Balaban J connectivity index is 3.18. The van der Waals surface area contributed by atoms with Gasteiger partial charge in [-0.25, -0.2) is 0 Å². The Labute approximate surface area is 75.2 Å². The maximum Gasteiger partial charge on any atom is 0.121 e. The second kappa shape index (κ2) is 3.66. The predicted molar refractivity (Wildman–Crippen MR) is 52.5 cm³/mol. The minimum atomic E-state index is 0.857. The summed E-state index contributed by atoms with van der Waals surface area (Å²) in [5, 5.41) is 0. The highest BCUT2D eigenvalue weighted by Gasteiger charge is 2.01. The lowest BCUT2D eigenvalue weighted by molar-refractivity contribution is 0.411. The molecule has 1 aromatic carbocycles. The van der Waals surface area contributed by atoms with Crippen molar-refractivity contribution in [3.63, 3.8) is 0 Å². The van der Waals surface area contributed by atoms with Crippen LogP contribution in [0.5, 0.6) is 5.75 Å². The van der Waals surface area contributed by atoms with Crippen molar-refractivity contribution in [2.75, 3.05) is 7.11 Å². The summed E-state index contributed by atoms with van der Waals surface area (Å²) >= 11 is 0. The van der Waals surface area contributed by atoms with Crippen molar-refractivity contribution in [3.05, 3.63) is 23.3 Å². The number of ether oxygens (including phenoxy) is 1. The summed E-state index contributed by atoms with van der Waals surface area (Å²) < 4.78 is 5.19. The highest BCUT2D eigenvalue weighted by atomic mass is 16.5. The number of rotatable bonds is 2. The van der Waals surface area contributed by atoms with Crippen LogP contribution in [-0.4, -0.2) is 15.0 Å². The van der Waals surface area contributed by atoms with Gasteiger partial charge in [0.15, 0.2) is 0 Å². The number of hydrogen-bond donors (Lipinski definition) is 0. The lowest BCUT2D eigenvalue weighted by Crippen LogP contribution is -2.10. The summed E-state index contributed by atoms with van der Waals surface area (Å²) in [6.45, 7) is 4.08. The van der Waals surface area contributed by atoms with Crippen LogP contribution in [0.15, 0.2) is 12.1 Å². The zero-order valence-electron chi connectivity index (χ0n) is 7.85. The molecule has 0 saturated carbocycles. The van der Waals surface area contributed by atoms with E-state index in [9.17, 15) is 0 Å². The van der Waals surface area contributed by atoms with Gasteiger partial charge in [-0.2, -0.15) is 0 Å². The Morgan fingerprint density at radius 1 is 1.42 bits per heavy atom. The standard InChI is InChI=1S/C10H13BO/c1-4-8-6-10(12-3)7(2)5-9(8)11/h5-6H,4H2,1-3H3. The molecule has 2 radical (unpaired) electrons. The van der Waals surface area contributed by atoms with Crippen LogP contribution in [0.2, 0.25) is 0 Å². The van der Waals surface area contributed by atoms with Crippen LogP contribution in [0, 0.1) is 6.92 Å². The molecule has 0 saturated heterocycles. The van der Waals surface area contributed by atoms with Crippen molar-refractivity contribution in [1.29, 1.82) is 0 Å². The van der Waals surface area contributed by atoms with Gasteiger partial charge in [0.25, 0.3) is 0 Å². The van der Waals surface area contributed by atoms with Crippen LogP contribution in [0.25, 0.3) is 0 Å². The predicted octanol–water partition coefficient (Wildman–Crippen LogP) is 1.36. The first-order valence-corrected chi connectivity index (χ1v) is 4.12. The van der Waals surface area contributed by atoms with E-state index in [0.717, 1.165) is 28.8 Å². The second-order valence-electron chi connectivity index (χ2n) is 2.87. The van der Waals surface area contributed by atoms with Crippen molar-refractivity contribution in [3.8, 4) is 5.75 Å². The minimum Gasteiger partial charge on any atom is -0.496 e. The van der Waals surface area contributed by atoms with Crippen molar-refractivity contribution in [2.45, 2.75) is 20.3 Å². The van der Waals surface area contributed by atoms with Gasteiger partial charge in [0.05, 0.1) is 7.11 Å². The van der Waals surface area contributed by atoms with E-state index in [-0.39, 0.29) is 0 Å². The van der Waals surface area contributed by atoms with Gasteiger partial charge in [0, 0.05) is 0 Å². The average Bonchev–Trinajstić information content (AvgIpc) is 2.05. The molecule has 12 heavy (non-hydrogen) atoms. The zero-order chi connectivity index (χ0) is 9.14. The Hall–Kier alpha value is -0.915. The molecule has 0 aliphatic rings. The molecule has 2 heteroatoms. The van der Waals surface area contributed by atoms with Crippen LogP contribution >= 0.6 is 0 Å². The van der Waals surface area contributed by atoms with E-state index in [2.05, 4.69) is 6.92 Å². The summed E-state index contributed by atoms with van der Waals surface area (Å²) in [5.41, 5.74) is 3.10. The third kappa shape index (κ3) is 1.63. The maximum atomic E-state index is 5.80. The third-order valence-electron chi connectivity index (χ3n) is 2.04. The SMILES string of the molecule is [B]c1cc(C)c(OC)cc1CC. The molecule has 1 rings (SSSR count). The fraction of sp³-hybridized carbons (Fsp3) is 0.400. The summed E-state index contributed by atoms with van der Waals surface area (Å²) in [6, 6.07) is 3.96. The van der Waals surface area contributed by atoms with Gasteiger partial charge < -0.3 is 4.74 Å². The van der Waals surface area contributed by atoms with Crippen LogP contribution in [0.4, 0.5) is 0 Å². The fourth-order valence-electron chi connectivity index (χ4n) is 1.28. The molecule has 0 amide bonds. The first-order chi connectivity index (χ1) is 5.69. The number of aryl methyl sites for hydroxylation is 2. The van der Waals surface area contributed by atoms with Crippen LogP contribution < -0.4 is 10.2 Å². The zero-order valence-corrected chi connectivity index (χ0v) is 7.85. The molecule has 0 unspecified atom stereocenters. The minimum absolute atomic E-state index is 0.857. The molecule has 0 heterocycles. The molecule has 0 spiro atoms. The number of methoxy groups -OCH3 is 1. The van der Waals surface area contributed by atoms with Crippen LogP contribution in [-0.2, 0) is 6.42 Å². The summed E-state index contributed by atoms with van der Waals surface area (Å²) in [5.74, 6) is 0.918. The summed E-state index contributed by atoms with van der Waals surface area (Å²) in [7, 11) is 7.48. The lowest BCUT2D eigenvalue weighted by atomic mass is 9.87. The monoisotopic (exact) mass is 160 g/mol.